The van der Waals surface area contributed by atoms with E-state index in [2.05, 4.69) is 0 Å². The molecular weight excluding hydrogens is 136 g/mol. The summed E-state index contributed by atoms with van der Waals surface area (Å²) in [7, 11) is 0. The fourth-order valence-electron chi connectivity index (χ4n) is 0.249. The lowest BCUT2D eigenvalue weighted by atomic mass is 10.4. The van der Waals surface area contributed by atoms with Gasteiger partial charge in [0, 0.05) is 19.6 Å². The van der Waals surface area contributed by atoms with Crippen molar-refractivity contribution in [3.05, 3.63) is 24.3 Å². The van der Waals surface area contributed by atoms with Crippen LogP contribution in [-0.2, 0) is 4.79 Å². The molecule has 0 aromatic carbocycles. The average molecular weight is 144 g/mol. The Morgan fingerprint density at radius 1 is 1.44 bits per heavy atom. The molecule has 0 spiro atoms. The minimum atomic E-state index is -0.914. The SMILES string of the molecule is CC=CC=CC(=O)O.[S]. The van der Waals surface area contributed by atoms with Crippen LogP contribution in [0.2, 0.25) is 0 Å². The second-order valence-electron chi connectivity index (χ2n) is 1.22. The fraction of sp³-hybridized carbons (Fsp3) is 0.167. The van der Waals surface area contributed by atoms with Gasteiger partial charge < -0.3 is 5.11 Å². The van der Waals surface area contributed by atoms with Crippen LogP contribution in [0, 0.1) is 0 Å². The smallest absolute Gasteiger partial charge is 0.328 e. The molecule has 9 heavy (non-hydrogen) atoms. The lowest BCUT2D eigenvalue weighted by Gasteiger charge is -1.72. The van der Waals surface area contributed by atoms with Gasteiger partial charge in [-0.1, -0.05) is 18.2 Å². The van der Waals surface area contributed by atoms with Crippen molar-refractivity contribution in [3.63, 3.8) is 0 Å². The molecule has 3 heteroatoms. The molecule has 2 nitrogen and oxygen atoms in total. The van der Waals surface area contributed by atoms with E-state index in [-0.39, 0.29) is 13.5 Å². The molecule has 0 aliphatic rings. The Bertz CT molecular complexity index is 127. The number of carboxylic acids is 1. The summed E-state index contributed by atoms with van der Waals surface area (Å²) in [5.74, 6) is -0.914. The molecule has 0 heterocycles. The first kappa shape index (κ1) is 11.1. The number of allylic oxidation sites excluding steroid dienone is 3. The zero-order valence-corrected chi connectivity index (χ0v) is 5.89. The van der Waals surface area contributed by atoms with Gasteiger partial charge in [-0.3, -0.25) is 0 Å². The Morgan fingerprint density at radius 3 is 2.33 bits per heavy atom. The van der Waals surface area contributed by atoms with Gasteiger partial charge >= 0.3 is 5.97 Å². The maximum atomic E-state index is 9.75. The number of carboxylic acid groups (broad SMARTS) is 1. The summed E-state index contributed by atoms with van der Waals surface area (Å²) in [5.41, 5.74) is 0. The van der Waals surface area contributed by atoms with Gasteiger partial charge in [-0.05, 0) is 6.92 Å². The predicted octanol–water partition coefficient (Wildman–Crippen LogP) is 1.85. The topological polar surface area (TPSA) is 37.3 Å². The lowest BCUT2D eigenvalue weighted by molar-refractivity contribution is -0.131. The highest BCUT2D eigenvalue weighted by molar-refractivity contribution is 7.59. The van der Waals surface area contributed by atoms with E-state index in [1.165, 1.54) is 6.08 Å². The zero-order valence-electron chi connectivity index (χ0n) is 5.07. The van der Waals surface area contributed by atoms with Gasteiger partial charge in [0.25, 0.3) is 0 Å². The summed E-state index contributed by atoms with van der Waals surface area (Å²) in [6.07, 6.45) is 5.98. The highest BCUT2D eigenvalue weighted by atomic mass is 32.1. The number of hydrogen-bond donors (Lipinski definition) is 1. The average Bonchev–Trinajstić information content (AvgIpc) is 1.66. The van der Waals surface area contributed by atoms with Crippen molar-refractivity contribution in [3.8, 4) is 0 Å². The van der Waals surface area contributed by atoms with E-state index < -0.39 is 5.97 Å². The molecule has 0 saturated carbocycles. The summed E-state index contributed by atoms with van der Waals surface area (Å²) in [6, 6.07) is 0. The molecule has 0 aromatic rings. The van der Waals surface area contributed by atoms with Crippen LogP contribution in [0.4, 0.5) is 0 Å². The van der Waals surface area contributed by atoms with E-state index in [9.17, 15) is 4.79 Å². The predicted molar refractivity (Wildman–Crippen MR) is 39.2 cm³/mol. The Morgan fingerprint density at radius 2 is 2.00 bits per heavy atom. The second kappa shape index (κ2) is 7.30. The third kappa shape index (κ3) is 11.1. The molecule has 0 atom stereocenters. The number of carbonyl (C=O) groups is 1. The second-order valence-corrected chi connectivity index (χ2v) is 1.22. The highest BCUT2D eigenvalue weighted by Crippen LogP contribution is 1.74. The number of rotatable bonds is 2. The molecule has 0 aliphatic heterocycles. The van der Waals surface area contributed by atoms with Gasteiger partial charge in [-0.2, -0.15) is 0 Å². The van der Waals surface area contributed by atoms with Gasteiger partial charge in [0.15, 0.2) is 0 Å². The molecule has 0 aliphatic carbocycles. The first-order valence-corrected chi connectivity index (χ1v) is 2.29. The van der Waals surface area contributed by atoms with Crippen LogP contribution in [0.15, 0.2) is 24.3 Å². The zero-order chi connectivity index (χ0) is 6.41. The quantitative estimate of drug-likeness (QED) is 0.474. The van der Waals surface area contributed by atoms with E-state index in [1.54, 1.807) is 12.2 Å². The van der Waals surface area contributed by atoms with Crippen LogP contribution < -0.4 is 0 Å². The molecule has 0 rings (SSSR count). The Kier molecular flexibility index (Phi) is 9.04. The molecule has 2 radical (unpaired) electrons. The molecule has 0 fully saturated rings. The van der Waals surface area contributed by atoms with Crippen LogP contribution in [-0.4, -0.2) is 11.1 Å². The summed E-state index contributed by atoms with van der Waals surface area (Å²) >= 11 is 0. The Hall–Kier alpha value is -0.700. The van der Waals surface area contributed by atoms with E-state index in [0.29, 0.717) is 0 Å². The molecular formula is C6H8O2S. The summed E-state index contributed by atoms with van der Waals surface area (Å²) in [4.78, 5) is 9.75. The first-order valence-electron chi connectivity index (χ1n) is 2.29. The Labute approximate surface area is 61.3 Å². The van der Waals surface area contributed by atoms with Gasteiger partial charge in [0.2, 0.25) is 0 Å². The third-order valence-electron chi connectivity index (χ3n) is 0.542. The summed E-state index contributed by atoms with van der Waals surface area (Å²) < 4.78 is 0. The third-order valence-corrected chi connectivity index (χ3v) is 0.542. The van der Waals surface area contributed by atoms with Gasteiger partial charge in [0.1, 0.15) is 0 Å². The van der Waals surface area contributed by atoms with Crippen LogP contribution in [0.25, 0.3) is 0 Å². The number of aliphatic carboxylic acids is 1. The lowest BCUT2D eigenvalue weighted by Crippen LogP contribution is -1.83. The summed E-state index contributed by atoms with van der Waals surface area (Å²) in [5, 5.41) is 8.02. The minimum absolute atomic E-state index is 0. The van der Waals surface area contributed by atoms with Crippen LogP contribution in [0.3, 0.4) is 0 Å². The van der Waals surface area contributed by atoms with E-state index >= 15 is 0 Å². The standard InChI is InChI=1S/C6H8O2.S/c1-2-3-4-5-6(7)8;/h2-5H,1H3,(H,7,8);. The number of hydrogen-bond acceptors (Lipinski definition) is 1. The van der Waals surface area contributed by atoms with Crippen LogP contribution >= 0.6 is 13.5 Å². The molecule has 1 N–H and O–H groups in total. The van der Waals surface area contributed by atoms with Crippen molar-refractivity contribution in [1.29, 1.82) is 0 Å². The van der Waals surface area contributed by atoms with Gasteiger partial charge in [-0.25, -0.2) is 4.79 Å². The highest BCUT2D eigenvalue weighted by Gasteiger charge is 1.78. The van der Waals surface area contributed by atoms with E-state index in [4.69, 9.17) is 5.11 Å². The summed E-state index contributed by atoms with van der Waals surface area (Å²) in [6.45, 7) is 1.83. The normalized spacial score (nSPS) is 9.89. The van der Waals surface area contributed by atoms with Crippen molar-refractivity contribution in [2.75, 3.05) is 0 Å². The van der Waals surface area contributed by atoms with E-state index in [1.807, 2.05) is 6.92 Å². The molecule has 0 amide bonds. The molecule has 0 aromatic heterocycles. The van der Waals surface area contributed by atoms with E-state index in [0.717, 1.165) is 6.08 Å². The minimum Gasteiger partial charge on any atom is -0.478 e. The maximum absolute atomic E-state index is 9.75. The fourth-order valence-corrected chi connectivity index (χ4v) is 0.249. The largest absolute Gasteiger partial charge is 0.478 e. The first-order chi connectivity index (χ1) is 3.77. The molecule has 50 valence electrons. The van der Waals surface area contributed by atoms with Crippen molar-refractivity contribution in [1.82, 2.24) is 0 Å². The van der Waals surface area contributed by atoms with Gasteiger partial charge in [0.05, 0.1) is 0 Å². The molecule has 0 bridgehead atoms. The van der Waals surface area contributed by atoms with Crippen molar-refractivity contribution >= 4 is 19.5 Å². The maximum Gasteiger partial charge on any atom is 0.328 e. The molecule has 0 unspecified atom stereocenters. The monoisotopic (exact) mass is 144 g/mol. The van der Waals surface area contributed by atoms with Gasteiger partial charge in [-0.15, -0.1) is 0 Å². The van der Waals surface area contributed by atoms with Crippen molar-refractivity contribution < 1.29 is 9.90 Å². The van der Waals surface area contributed by atoms with Crippen LogP contribution in [0.1, 0.15) is 6.92 Å². The Balaban J connectivity index is 0. The van der Waals surface area contributed by atoms with Crippen molar-refractivity contribution in [2.45, 2.75) is 6.92 Å². The van der Waals surface area contributed by atoms with Crippen LogP contribution in [0.5, 0.6) is 0 Å². The molecule has 0 saturated heterocycles. The van der Waals surface area contributed by atoms with Crippen molar-refractivity contribution in [2.24, 2.45) is 0 Å².